The second kappa shape index (κ2) is 16.1. The maximum Gasteiger partial charge on any atom is 0.191 e. The van der Waals surface area contributed by atoms with E-state index in [-0.39, 0.29) is 41.6 Å². The van der Waals surface area contributed by atoms with E-state index in [1.807, 2.05) is 13.8 Å². The molecule has 1 rings (SSSR count). The Morgan fingerprint density at radius 1 is 1.19 bits per heavy atom. The molecule has 6 nitrogen and oxygen atoms in total. The normalized spacial score (nSPS) is 12.2. The molecule has 0 aliphatic carbocycles. The maximum atomic E-state index is 13.6. The average molecular weight is 483 g/mol. The van der Waals surface area contributed by atoms with Crippen molar-refractivity contribution in [1.82, 2.24) is 10.6 Å². The largest absolute Gasteiger partial charge is 0.486 e. The van der Waals surface area contributed by atoms with Crippen LogP contribution in [0.5, 0.6) is 5.75 Å². The summed E-state index contributed by atoms with van der Waals surface area (Å²) in [6.45, 7) is 7.69. The van der Waals surface area contributed by atoms with Gasteiger partial charge >= 0.3 is 0 Å². The minimum Gasteiger partial charge on any atom is -0.486 e. The molecule has 8 heteroatoms. The highest BCUT2D eigenvalue weighted by Gasteiger charge is 2.08. The standard InChI is InChI=1S/C18H30FN3O3.HI/c1-4-20-18(21-10-7-11-24-13-12-23-3)22-14-15(2)25-17-9-6-5-8-16(17)19;/h5-6,8-9,15H,4,7,10-14H2,1-3H3,(H2,20,21,22);1H. The number of nitrogens with one attached hydrogen (secondary N) is 2. The van der Waals surface area contributed by atoms with Gasteiger partial charge in [-0.1, -0.05) is 12.1 Å². The lowest BCUT2D eigenvalue weighted by Crippen LogP contribution is -2.38. The van der Waals surface area contributed by atoms with Gasteiger partial charge in [-0.05, 0) is 32.4 Å². The van der Waals surface area contributed by atoms with E-state index < -0.39 is 0 Å². The number of hydrogen-bond donors (Lipinski definition) is 2. The Bertz CT molecular complexity index is 506. The fourth-order valence-electron chi connectivity index (χ4n) is 1.98. The number of halogens is 2. The second-order valence-electron chi connectivity index (χ2n) is 5.46. The molecule has 26 heavy (non-hydrogen) atoms. The van der Waals surface area contributed by atoms with Crippen molar-refractivity contribution in [2.45, 2.75) is 26.4 Å². The molecule has 0 saturated carbocycles. The molecule has 1 atom stereocenters. The van der Waals surface area contributed by atoms with E-state index in [1.54, 1.807) is 25.3 Å². The van der Waals surface area contributed by atoms with Crippen molar-refractivity contribution in [3.05, 3.63) is 30.1 Å². The first-order valence-electron chi connectivity index (χ1n) is 8.67. The van der Waals surface area contributed by atoms with E-state index >= 15 is 0 Å². The van der Waals surface area contributed by atoms with Gasteiger partial charge in [-0.3, -0.25) is 0 Å². The molecule has 1 unspecified atom stereocenters. The first kappa shape index (κ1) is 24.9. The SMILES string of the molecule is CCNC(=NCC(C)Oc1ccccc1F)NCCCOCCOC.I. The lowest BCUT2D eigenvalue weighted by atomic mass is 10.3. The molecule has 0 heterocycles. The third kappa shape index (κ3) is 11.5. The molecule has 0 bridgehead atoms. The molecule has 2 N–H and O–H groups in total. The number of para-hydroxylation sites is 1. The second-order valence-corrected chi connectivity index (χ2v) is 5.46. The van der Waals surface area contributed by atoms with Crippen LogP contribution in [0.3, 0.4) is 0 Å². The van der Waals surface area contributed by atoms with Crippen molar-refractivity contribution in [3.8, 4) is 5.75 Å². The Hall–Kier alpha value is -1.13. The topological polar surface area (TPSA) is 64.1 Å². The summed E-state index contributed by atoms with van der Waals surface area (Å²) in [5.41, 5.74) is 0. The van der Waals surface area contributed by atoms with Crippen LogP contribution in [0.15, 0.2) is 29.3 Å². The van der Waals surface area contributed by atoms with Gasteiger partial charge in [0.15, 0.2) is 17.5 Å². The van der Waals surface area contributed by atoms with E-state index in [0.717, 1.165) is 19.5 Å². The van der Waals surface area contributed by atoms with Crippen molar-refractivity contribution >= 4 is 29.9 Å². The number of guanidine groups is 1. The molecular weight excluding hydrogens is 452 g/mol. The van der Waals surface area contributed by atoms with E-state index in [0.29, 0.717) is 32.3 Å². The van der Waals surface area contributed by atoms with Crippen molar-refractivity contribution in [2.24, 2.45) is 4.99 Å². The van der Waals surface area contributed by atoms with Gasteiger partial charge in [-0.25, -0.2) is 9.38 Å². The van der Waals surface area contributed by atoms with Crippen LogP contribution in [-0.2, 0) is 9.47 Å². The molecule has 0 amide bonds. The minimum atomic E-state index is -0.364. The number of hydrogen-bond acceptors (Lipinski definition) is 4. The van der Waals surface area contributed by atoms with Crippen molar-refractivity contribution < 1.29 is 18.6 Å². The zero-order valence-corrected chi connectivity index (χ0v) is 18.1. The molecule has 0 spiro atoms. The van der Waals surface area contributed by atoms with Gasteiger partial charge < -0.3 is 24.8 Å². The molecule has 1 aromatic rings. The fraction of sp³-hybridized carbons (Fsp3) is 0.611. The molecule has 0 radical (unpaired) electrons. The Labute approximate surface area is 172 Å². The van der Waals surface area contributed by atoms with Crippen molar-refractivity contribution in [1.29, 1.82) is 0 Å². The summed E-state index contributed by atoms with van der Waals surface area (Å²) >= 11 is 0. The molecule has 0 aromatic heterocycles. The Morgan fingerprint density at radius 3 is 2.65 bits per heavy atom. The highest BCUT2D eigenvalue weighted by atomic mass is 127. The zero-order chi connectivity index (χ0) is 18.3. The summed E-state index contributed by atoms with van der Waals surface area (Å²) in [7, 11) is 1.65. The lowest BCUT2D eigenvalue weighted by molar-refractivity contribution is 0.0698. The molecule has 0 aliphatic heterocycles. The average Bonchev–Trinajstić information content (AvgIpc) is 2.60. The summed E-state index contributed by atoms with van der Waals surface area (Å²) in [5, 5.41) is 6.41. The van der Waals surface area contributed by atoms with Crippen LogP contribution < -0.4 is 15.4 Å². The van der Waals surface area contributed by atoms with Crippen molar-refractivity contribution in [3.63, 3.8) is 0 Å². The highest BCUT2D eigenvalue weighted by molar-refractivity contribution is 14.0. The number of ether oxygens (including phenoxy) is 3. The van der Waals surface area contributed by atoms with Gasteiger partial charge in [-0.2, -0.15) is 0 Å². The van der Waals surface area contributed by atoms with Crippen LogP contribution >= 0.6 is 24.0 Å². The number of rotatable bonds is 12. The third-order valence-electron chi connectivity index (χ3n) is 3.21. The number of methoxy groups -OCH3 is 1. The van der Waals surface area contributed by atoms with Crippen LogP contribution in [-0.4, -0.2) is 58.6 Å². The molecular formula is C18H31FIN3O3. The first-order chi connectivity index (χ1) is 12.2. The van der Waals surface area contributed by atoms with E-state index in [2.05, 4.69) is 15.6 Å². The summed E-state index contributed by atoms with van der Waals surface area (Å²) in [6.07, 6.45) is 0.639. The van der Waals surface area contributed by atoms with Crippen molar-refractivity contribution in [2.75, 3.05) is 46.6 Å². The van der Waals surface area contributed by atoms with Gasteiger partial charge in [0.1, 0.15) is 6.10 Å². The van der Waals surface area contributed by atoms with Crippen LogP contribution in [0.1, 0.15) is 20.3 Å². The minimum absolute atomic E-state index is 0. The number of aliphatic imine (C=N–C) groups is 1. The Kier molecular flexibility index (Phi) is 15.4. The van der Waals surface area contributed by atoms with E-state index in [1.165, 1.54) is 6.07 Å². The molecule has 0 saturated heterocycles. The predicted molar refractivity (Wildman–Crippen MR) is 113 cm³/mol. The van der Waals surface area contributed by atoms with Gasteiger partial charge in [0.05, 0.1) is 19.8 Å². The van der Waals surface area contributed by atoms with Gasteiger partial charge in [0.25, 0.3) is 0 Å². The highest BCUT2D eigenvalue weighted by Crippen LogP contribution is 2.16. The van der Waals surface area contributed by atoms with Crippen LogP contribution in [0.4, 0.5) is 4.39 Å². The smallest absolute Gasteiger partial charge is 0.191 e. The Balaban J connectivity index is 0.00000625. The van der Waals surface area contributed by atoms with E-state index in [4.69, 9.17) is 14.2 Å². The number of nitrogens with zero attached hydrogens (tertiary/aromatic N) is 1. The monoisotopic (exact) mass is 483 g/mol. The lowest BCUT2D eigenvalue weighted by Gasteiger charge is -2.15. The summed E-state index contributed by atoms with van der Waals surface area (Å²) in [6, 6.07) is 6.38. The van der Waals surface area contributed by atoms with Gasteiger partial charge in [0, 0.05) is 26.8 Å². The maximum absolute atomic E-state index is 13.6. The van der Waals surface area contributed by atoms with Gasteiger partial charge in [-0.15, -0.1) is 24.0 Å². The summed E-state index contributed by atoms with van der Waals surface area (Å²) in [5.74, 6) is 0.594. The third-order valence-corrected chi connectivity index (χ3v) is 3.21. The Morgan fingerprint density at radius 2 is 1.96 bits per heavy atom. The quantitative estimate of drug-likeness (QED) is 0.207. The summed E-state index contributed by atoms with van der Waals surface area (Å²) < 4.78 is 29.5. The molecule has 0 fully saturated rings. The molecule has 0 aliphatic rings. The molecule has 150 valence electrons. The van der Waals surface area contributed by atoms with Gasteiger partial charge in [0.2, 0.25) is 0 Å². The van der Waals surface area contributed by atoms with Crippen LogP contribution in [0, 0.1) is 5.82 Å². The fourth-order valence-corrected chi connectivity index (χ4v) is 1.98. The number of benzene rings is 1. The molecule has 1 aromatic carbocycles. The first-order valence-corrected chi connectivity index (χ1v) is 8.67. The predicted octanol–water partition coefficient (Wildman–Crippen LogP) is 2.82. The zero-order valence-electron chi connectivity index (χ0n) is 15.8. The summed E-state index contributed by atoms with van der Waals surface area (Å²) in [4.78, 5) is 4.47. The van der Waals surface area contributed by atoms with E-state index in [9.17, 15) is 4.39 Å². The van der Waals surface area contributed by atoms with Crippen LogP contribution in [0.25, 0.3) is 0 Å². The van der Waals surface area contributed by atoms with Crippen LogP contribution in [0.2, 0.25) is 0 Å².